The van der Waals surface area contributed by atoms with Gasteiger partial charge in [-0.25, -0.2) is 4.40 Å². The first-order valence-corrected chi connectivity index (χ1v) is 5.41. The molecule has 0 fully saturated rings. The van der Waals surface area contributed by atoms with Gasteiger partial charge in [-0.1, -0.05) is 18.2 Å². The Morgan fingerprint density at radius 3 is 2.50 bits per heavy atom. The summed E-state index contributed by atoms with van der Waals surface area (Å²) < 4.78 is 4.26. The number of hydrogen-bond acceptors (Lipinski definition) is 2. The lowest BCUT2D eigenvalue weighted by atomic mass is 10.4. The van der Waals surface area contributed by atoms with Crippen LogP contribution in [0.5, 0.6) is 0 Å². The molecule has 1 atom stereocenters. The van der Waals surface area contributed by atoms with Crippen LogP contribution < -0.4 is 5.14 Å². The Balaban J connectivity index is 2.43. The Bertz CT molecular complexity index is 318. The minimum atomic E-state index is -1.49. The molecule has 1 aliphatic rings. The van der Waals surface area contributed by atoms with E-state index in [1.807, 2.05) is 41.8 Å². The zero-order chi connectivity index (χ0) is 8.44. The van der Waals surface area contributed by atoms with E-state index in [2.05, 4.69) is 4.40 Å². The van der Waals surface area contributed by atoms with Gasteiger partial charge in [-0.2, -0.15) is 0 Å². The molecule has 0 saturated carbocycles. The van der Waals surface area contributed by atoms with E-state index in [1.165, 1.54) is 0 Å². The molecule has 0 aromatic heterocycles. The van der Waals surface area contributed by atoms with Gasteiger partial charge in [-0.3, -0.25) is 5.14 Å². The summed E-state index contributed by atoms with van der Waals surface area (Å²) in [5, 5.41) is 8.05. The molecule has 62 valence electrons. The van der Waals surface area contributed by atoms with Gasteiger partial charge in [-0.15, -0.1) is 0 Å². The molecule has 3 heteroatoms. The fraction of sp³-hybridized carbons (Fsp3) is 0. The summed E-state index contributed by atoms with van der Waals surface area (Å²) in [5.41, 5.74) is 0. The maximum absolute atomic E-state index is 6.08. The van der Waals surface area contributed by atoms with Crippen molar-refractivity contribution in [1.82, 2.24) is 0 Å². The Labute approximate surface area is 73.4 Å². The van der Waals surface area contributed by atoms with Crippen LogP contribution in [0.2, 0.25) is 0 Å². The SMILES string of the molecule is NS1(c2ccccc2)C=CC=N1. The van der Waals surface area contributed by atoms with Crippen molar-refractivity contribution >= 4 is 16.6 Å². The molecule has 0 saturated heterocycles. The zero-order valence-electron chi connectivity index (χ0n) is 6.55. The second-order valence-corrected chi connectivity index (χ2v) is 4.87. The average molecular weight is 178 g/mol. The van der Waals surface area contributed by atoms with Crippen molar-refractivity contribution in [2.75, 3.05) is 0 Å². The van der Waals surface area contributed by atoms with Crippen LogP contribution in [0.25, 0.3) is 0 Å². The molecular formula is C9H10N2S. The number of nitrogens with zero attached hydrogens (tertiary/aromatic N) is 1. The van der Waals surface area contributed by atoms with E-state index in [9.17, 15) is 0 Å². The van der Waals surface area contributed by atoms with E-state index < -0.39 is 10.4 Å². The minimum absolute atomic E-state index is 1.11. The highest BCUT2D eigenvalue weighted by molar-refractivity contribution is 8.33. The van der Waals surface area contributed by atoms with E-state index in [0.29, 0.717) is 0 Å². The normalized spacial score (nSPS) is 31.8. The van der Waals surface area contributed by atoms with E-state index in [4.69, 9.17) is 5.14 Å². The number of rotatable bonds is 1. The highest BCUT2D eigenvalue weighted by Gasteiger charge is 2.17. The highest BCUT2D eigenvalue weighted by Crippen LogP contribution is 2.52. The second kappa shape index (κ2) is 2.77. The summed E-state index contributed by atoms with van der Waals surface area (Å²) in [6, 6.07) is 9.98. The molecule has 1 aromatic carbocycles. The van der Waals surface area contributed by atoms with Crippen LogP contribution in [0, 0.1) is 0 Å². The molecule has 2 N–H and O–H groups in total. The molecule has 12 heavy (non-hydrogen) atoms. The molecule has 2 nitrogen and oxygen atoms in total. The van der Waals surface area contributed by atoms with Crippen LogP contribution in [0.15, 0.2) is 51.1 Å². The van der Waals surface area contributed by atoms with Gasteiger partial charge in [0, 0.05) is 11.1 Å². The minimum Gasteiger partial charge on any atom is -0.271 e. The maximum atomic E-state index is 6.08. The fourth-order valence-corrected chi connectivity index (χ4v) is 2.63. The average Bonchev–Trinajstić information content (AvgIpc) is 2.55. The highest BCUT2D eigenvalue weighted by atomic mass is 32.3. The summed E-state index contributed by atoms with van der Waals surface area (Å²) in [5.74, 6) is 0. The molecule has 0 spiro atoms. The van der Waals surface area contributed by atoms with Gasteiger partial charge in [0.1, 0.15) is 0 Å². The quantitative estimate of drug-likeness (QED) is 0.703. The summed E-state index contributed by atoms with van der Waals surface area (Å²) in [4.78, 5) is 1.11. The lowest BCUT2D eigenvalue weighted by Crippen LogP contribution is -2.02. The Morgan fingerprint density at radius 1 is 1.17 bits per heavy atom. The summed E-state index contributed by atoms with van der Waals surface area (Å²) in [6.45, 7) is 0. The van der Waals surface area contributed by atoms with Crippen LogP contribution in [0.1, 0.15) is 0 Å². The molecule has 1 heterocycles. The molecule has 1 aromatic rings. The van der Waals surface area contributed by atoms with Crippen LogP contribution >= 0.6 is 10.4 Å². The maximum Gasteiger partial charge on any atom is 0.0359 e. The first-order valence-electron chi connectivity index (χ1n) is 3.69. The standard InChI is InChI=1S/C9H10N2S/c10-12(8-4-7-11-12)9-5-2-1-3-6-9/h1-8H,10H2. The molecule has 0 amide bonds. The van der Waals surface area contributed by atoms with Gasteiger partial charge in [0.25, 0.3) is 0 Å². The number of benzene rings is 1. The summed E-state index contributed by atoms with van der Waals surface area (Å²) >= 11 is 0. The lowest BCUT2D eigenvalue weighted by Gasteiger charge is -2.24. The van der Waals surface area contributed by atoms with Crippen LogP contribution in [0.3, 0.4) is 0 Å². The number of hydrogen-bond donors (Lipinski definition) is 1. The van der Waals surface area contributed by atoms with E-state index >= 15 is 0 Å². The van der Waals surface area contributed by atoms with Gasteiger partial charge >= 0.3 is 0 Å². The second-order valence-electron chi connectivity index (χ2n) is 2.57. The first kappa shape index (κ1) is 7.58. The summed E-state index contributed by atoms with van der Waals surface area (Å²) in [7, 11) is -1.49. The van der Waals surface area contributed by atoms with Gasteiger partial charge in [-0.05, 0) is 34.0 Å². The third-order valence-electron chi connectivity index (χ3n) is 1.73. The topological polar surface area (TPSA) is 38.4 Å². The van der Waals surface area contributed by atoms with Crippen molar-refractivity contribution < 1.29 is 0 Å². The summed E-state index contributed by atoms with van der Waals surface area (Å²) in [6.07, 6.45) is 3.67. The van der Waals surface area contributed by atoms with E-state index in [-0.39, 0.29) is 0 Å². The molecular weight excluding hydrogens is 168 g/mol. The van der Waals surface area contributed by atoms with Crippen LogP contribution in [0.4, 0.5) is 0 Å². The third-order valence-corrected chi connectivity index (χ3v) is 3.80. The first-order chi connectivity index (χ1) is 5.81. The zero-order valence-corrected chi connectivity index (χ0v) is 7.37. The molecule has 0 aliphatic carbocycles. The number of nitrogens with two attached hydrogens (primary N) is 1. The van der Waals surface area contributed by atoms with E-state index in [0.717, 1.165) is 4.90 Å². The molecule has 0 radical (unpaired) electrons. The predicted molar refractivity (Wildman–Crippen MR) is 54.1 cm³/mol. The van der Waals surface area contributed by atoms with Crippen molar-refractivity contribution in [3.05, 3.63) is 41.8 Å². The van der Waals surface area contributed by atoms with Gasteiger partial charge < -0.3 is 0 Å². The van der Waals surface area contributed by atoms with Crippen molar-refractivity contribution in [2.45, 2.75) is 4.90 Å². The van der Waals surface area contributed by atoms with Gasteiger partial charge in [0.05, 0.1) is 0 Å². The smallest absolute Gasteiger partial charge is 0.0359 e. The number of allylic oxidation sites excluding steroid dienone is 1. The lowest BCUT2D eigenvalue weighted by molar-refractivity contribution is 1.42. The third kappa shape index (κ3) is 1.17. The Morgan fingerprint density at radius 2 is 1.92 bits per heavy atom. The van der Waals surface area contributed by atoms with Crippen LogP contribution in [-0.4, -0.2) is 6.21 Å². The molecule has 0 bridgehead atoms. The monoisotopic (exact) mass is 178 g/mol. The van der Waals surface area contributed by atoms with Gasteiger partial charge in [0.15, 0.2) is 0 Å². The van der Waals surface area contributed by atoms with Crippen molar-refractivity contribution in [2.24, 2.45) is 9.54 Å². The van der Waals surface area contributed by atoms with Gasteiger partial charge in [0.2, 0.25) is 0 Å². The Kier molecular flexibility index (Phi) is 1.75. The van der Waals surface area contributed by atoms with E-state index in [1.54, 1.807) is 6.21 Å². The van der Waals surface area contributed by atoms with Crippen molar-refractivity contribution in [3.63, 3.8) is 0 Å². The molecule has 1 aliphatic heterocycles. The fourth-order valence-electron chi connectivity index (χ4n) is 1.10. The van der Waals surface area contributed by atoms with Crippen LogP contribution in [-0.2, 0) is 0 Å². The molecule has 2 rings (SSSR count). The molecule has 1 unspecified atom stereocenters. The largest absolute Gasteiger partial charge is 0.271 e. The van der Waals surface area contributed by atoms with Crippen molar-refractivity contribution in [3.8, 4) is 0 Å². The predicted octanol–water partition coefficient (Wildman–Crippen LogP) is 2.24. The van der Waals surface area contributed by atoms with Crippen molar-refractivity contribution in [1.29, 1.82) is 0 Å². The Hall–Kier alpha value is -1.06.